The average molecular weight is 295 g/mol. The van der Waals surface area contributed by atoms with E-state index >= 15 is 0 Å². The van der Waals surface area contributed by atoms with Crippen LogP contribution in [0.5, 0.6) is 0 Å². The number of amides is 1. The van der Waals surface area contributed by atoms with Crippen molar-refractivity contribution in [2.75, 3.05) is 24.5 Å². The SMILES string of the molecule is O=C1CN(c2nc3c(s2)CCCC3C(=O)O)CCCN1. The maximum absolute atomic E-state index is 11.6. The smallest absolute Gasteiger partial charge is 0.312 e. The van der Waals surface area contributed by atoms with Gasteiger partial charge in [-0.05, 0) is 25.7 Å². The summed E-state index contributed by atoms with van der Waals surface area (Å²) < 4.78 is 0. The third-order valence-corrected chi connectivity index (χ3v) is 4.96. The number of hydrogen-bond donors (Lipinski definition) is 2. The largest absolute Gasteiger partial charge is 0.481 e. The van der Waals surface area contributed by atoms with Gasteiger partial charge in [-0.15, -0.1) is 11.3 Å². The molecule has 0 spiro atoms. The number of thiazole rings is 1. The summed E-state index contributed by atoms with van der Waals surface area (Å²) in [5.41, 5.74) is 0.716. The number of rotatable bonds is 2. The zero-order chi connectivity index (χ0) is 14.1. The molecule has 1 fully saturated rings. The topological polar surface area (TPSA) is 82.5 Å². The Morgan fingerprint density at radius 3 is 3.10 bits per heavy atom. The highest BCUT2D eigenvalue weighted by Gasteiger charge is 2.31. The predicted octanol–water partition coefficient (Wildman–Crippen LogP) is 0.974. The highest BCUT2D eigenvalue weighted by molar-refractivity contribution is 7.15. The lowest BCUT2D eigenvalue weighted by molar-refractivity contribution is -0.139. The van der Waals surface area contributed by atoms with Crippen LogP contribution in [0.2, 0.25) is 0 Å². The number of fused-ring (bicyclic) bond motifs is 1. The highest BCUT2D eigenvalue weighted by Crippen LogP contribution is 2.38. The van der Waals surface area contributed by atoms with Crippen LogP contribution in [0.1, 0.15) is 35.8 Å². The molecule has 7 heteroatoms. The average Bonchev–Trinajstić information content (AvgIpc) is 2.74. The minimum absolute atomic E-state index is 0.00505. The van der Waals surface area contributed by atoms with E-state index in [1.807, 2.05) is 4.90 Å². The van der Waals surface area contributed by atoms with Crippen molar-refractivity contribution in [1.29, 1.82) is 0 Å². The van der Waals surface area contributed by atoms with Gasteiger partial charge < -0.3 is 15.3 Å². The van der Waals surface area contributed by atoms with Crippen molar-refractivity contribution in [3.8, 4) is 0 Å². The Kier molecular flexibility index (Phi) is 3.60. The second-order valence-electron chi connectivity index (χ2n) is 5.21. The first-order valence-electron chi connectivity index (χ1n) is 6.89. The van der Waals surface area contributed by atoms with E-state index < -0.39 is 11.9 Å². The molecule has 1 amide bonds. The van der Waals surface area contributed by atoms with Crippen LogP contribution < -0.4 is 10.2 Å². The van der Waals surface area contributed by atoms with Gasteiger partial charge in [0.15, 0.2) is 5.13 Å². The van der Waals surface area contributed by atoms with Crippen molar-refractivity contribution in [1.82, 2.24) is 10.3 Å². The van der Waals surface area contributed by atoms with Crippen molar-refractivity contribution in [2.24, 2.45) is 0 Å². The molecule has 1 aliphatic carbocycles. The number of carboxylic acids is 1. The standard InChI is InChI=1S/C13H17N3O3S/c17-10-7-16(6-2-5-14-10)13-15-11-8(12(18)19)3-1-4-9(11)20-13/h8H,1-7H2,(H,14,17)(H,18,19). The van der Waals surface area contributed by atoms with Crippen molar-refractivity contribution in [3.63, 3.8) is 0 Å². The molecule has 1 aromatic rings. The monoisotopic (exact) mass is 295 g/mol. The fraction of sp³-hybridized carbons (Fsp3) is 0.615. The maximum Gasteiger partial charge on any atom is 0.312 e. The minimum Gasteiger partial charge on any atom is -0.481 e. The van der Waals surface area contributed by atoms with Crippen LogP contribution in [-0.4, -0.2) is 41.6 Å². The van der Waals surface area contributed by atoms with Gasteiger partial charge in [0, 0.05) is 18.0 Å². The minimum atomic E-state index is -0.795. The quantitative estimate of drug-likeness (QED) is 0.849. The van der Waals surface area contributed by atoms with E-state index in [9.17, 15) is 14.7 Å². The fourth-order valence-corrected chi connectivity index (χ4v) is 3.94. The molecule has 0 bridgehead atoms. The molecule has 0 aromatic carbocycles. The van der Waals surface area contributed by atoms with E-state index in [4.69, 9.17) is 0 Å². The number of anilines is 1. The van der Waals surface area contributed by atoms with E-state index in [1.165, 1.54) is 0 Å². The summed E-state index contributed by atoms with van der Waals surface area (Å²) in [4.78, 5) is 30.5. The zero-order valence-corrected chi connectivity index (χ0v) is 11.9. The van der Waals surface area contributed by atoms with Crippen LogP contribution >= 0.6 is 11.3 Å². The van der Waals surface area contributed by atoms with Crippen LogP contribution in [-0.2, 0) is 16.0 Å². The van der Waals surface area contributed by atoms with E-state index in [0.29, 0.717) is 25.2 Å². The molecular weight excluding hydrogens is 278 g/mol. The molecule has 3 rings (SSSR count). The summed E-state index contributed by atoms with van der Waals surface area (Å²) in [6, 6.07) is 0. The number of nitrogens with one attached hydrogen (secondary N) is 1. The Morgan fingerprint density at radius 2 is 2.30 bits per heavy atom. The molecule has 1 unspecified atom stereocenters. The zero-order valence-electron chi connectivity index (χ0n) is 11.1. The summed E-state index contributed by atoms with van der Waals surface area (Å²) in [6.07, 6.45) is 3.34. The number of carboxylic acid groups (broad SMARTS) is 1. The van der Waals surface area contributed by atoms with Crippen molar-refractivity contribution < 1.29 is 14.7 Å². The van der Waals surface area contributed by atoms with E-state index in [1.54, 1.807) is 11.3 Å². The molecule has 2 heterocycles. The fourth-order valence-electron chi connectivity index (χ4n) is 2.75. The van der Waals surface area contributed by atoms with Crippen LogP contribution in [0, 0.1) is 0 Å². The lowest BCUT2D eigenvalue weighted by Gasteiger charge is -2.17. The third-order valence-electron chi connectivity index (χ3n) is 3.77. The van der Waals surface area contributed by atoms with Gasteiger partial charge in [-0.2, -0.15) is 0 Å². The molecule has 20 heavy (non-hydrogen) atoms. The Morgan fingerprint density at radius 1 is 1.45 bits per heavy atom. The van der Waals surface area contributed by atoms with Crippen LogP contribution in [0.3, 0.4) is 0 Å². The third kappa shape index (κ3) is 2.49. The Bertz CT molecular complexity index is 543. The molecule has 2 N–H and O–H groups in total. The Labute approximate surface area is 120 Å². The first kappa shape index (κ1) is 13.4. The summed E-state index contributed by atoms with van der Waals surface area (Å²) in [5.74, 6) is -1.27. The Balaban J connectivity index is 1.88. The summed E-state index contributed by atoms with van der Waals surface area (Å²) in [7, 11) is 0. The molecule has 0 radical (unpaired) electrons. The highest BCUT2D eigenvalue weighted by atomic mass is 32.1. The molecule has 6 nitrogen and oxygen atoms in total. The second-order valence-corrected chi connectivity index (χ2v) is 6.28. The second kappa shape index (κ2) is 5.40. The number of aromatic nitrogens is 1. The lowest BCUT2D eigenvalue weighted by atomic mass is 9.91. The van der Waals surface area contributed by atoms with Gasteiger partial charge in [0.25, 0.3) is 0 Å². The van der Waals surface area contributed by atoms with Crippen molar-refractivity contribution in [3.05, 3.63) is 10.6 Å². The number of nitrogens with zero attached hydrogens (tertiary/aromatic N) is 2. The summed E-state index contributed by atoms with van der Waals surface area (Å²) >= 11 is 1.55. The van der Waals surface area contributed by atoms with Crippen LogP contribution in [0.4, 0.5) is 5.13 Å². The summed E-state index contributed by atoms with van der Waals surface area (Å²) in [6.45, 7) is 1.78. The molecule has 108 valence electrons. The molecule has 0 saturated carbocycles. The van der Waals surface area contributed by atoms with Gasteiger partial charge in [-0.1, -0.05) is 0 Å². The first-order chi connectivity index (χ1) is 9.65. The van der Waals surface area contributed by atoms with Gasteiger partial charge in [0.1, 0.15) is 5.92 Å². The number of aliphatic carboxylic acids is 1. The van der Waals surface area contributed by atoms with Gasteiger partial charge in [-0.3, -0.25) is 9.59 Å². The molecule has 1 aliphatic heterocycles. The summed E-state index contributed by atoms with van der Waals surface area (Å²) in [5, 5.41) is 12.9. The Hall–Kier alpha value is -1.63. The predicted molar refractivity (Wildman–Crippen MR) is 75.3 cm³/mol. The maximum atomic E-state index is 11.6. The number of aryl methyl sites for hydroxylation is 1. The van der Waals surface area contributed by atoms with E-state index in [0.717, 1.165) is 35.8 Å². The van der Waals surface area contributed by atoms with E-state index in [2.05, 4.69) is 10.3 Å². The molecule has 2 aliphatic rings. The van der Waals surface area contributed by atoms with E-state index in [-0.39, 0.29) is 5.91 Å². The van der Waals surface area contributed by atoms with Crippen molar-refractivity contribution in [2.45, 2.75) is 31.6 Å². The molecule has 1 atom stereocenters. The van der Waals surface area contributed by atoms with Gasteiger partial charge in [-0.25, -0.2) is 4.98 Å². The normalized spacial score (nSPS) is 22.9. The van der Waals surface area contributed by atoms with Gasteiger partial charge in [0.2, 0.25) is 5.91 Å². The lowest BCUT2D eigenvalue weighted by Crippen LogP contribution is -2.33. The molecular formula is C13H17N3O3S. The molecule has 1 aromatic heterocycles. The first-order valence-corrected chi connectivity index (χ1v) is 7.71. The van der Waals surface area contributed by atoms with Gasteiger partial charge in [0.05, 0.1) is 12.2 Å². The van der Waals surface area contributed by atoms with Crippen LogP contribution in [0.25, 0.3) is 0 Å². The number of carbonyl (C=O) groups is 2. The van der Waals surface area contributed by atoms with Gasteiger partial charge >= 0.3 is 5.97 Å². The van der Waals surface area contributed by atoms with Crippen LogP contribution in [0.15, 0.2) is 0 Å². The number of hydrogen-bond acceptors (Lipinski definition) is 5. The molecule has 1 saturated heterocycles. The number of carbonyl (C=O) groups excluding carboxylic acids is 1. The van der Waals surface area contributed by atoms with Crippen molar-refractivity contribution >= 4 is 28.3 Å².